The van der Waals surface area contributed by atoms with Gasteiger partial charge in [0.15, 0.2) is 0 Å². The number of hydrogen-bond acceptors (Lipinski definition) is 1. The summed E-state index contributed by atoms with van der Waals surface area (Å²) < 4.78 is 0. The molecular formula is C16H25N. The van der Waals surface area contributed by atoms with Crippen LogP contribution in [0.3, 0.4) is 0 Å². The second-order valence-corrected chi connectivity index (χ2v) is 5.59. The summed E-state index contributed by atoms with van der Waals surface area (Å²) in [6.45, 7) is 5.24. The number of hydrogen-bond donors (Lipinski definition) is 1. The molecule has 1 atom stereocenters. The Balaban J connectivity index is 2.24. The van der Waals surface area contributed by atoms with Gasteiger partial charge in [-0.25, -0.2) is 0 Å². The van der Waals surface area contributed by atoms with Crippen molar-refractivity contribution in [2.45, 2.75) is 51.9 Å². The smallest absolute Gasteiger partial charge is 0.00713 e. The first-order valence-corrected chi connectivity index (χ1v) is 6.99. The summed E-state index contributed by atoms with van der Waals surface area (Å²) in [4.78, 5) is 0. The summed E-state index contributed by atoms with van der Waals surface area (Å²) in [6, 6.07) is 6.90. The molecule has 1 unspecified atom stereocenters. The van der Waals surface area contributed by atoms with Gasteiger partial charge in [-0.2, -0.15) is 0 Å². The molecule has 0 heterocycles. The van der Waals surface area contributed by atoms with Crippen LogP contribution in [-0.4, -0.2) is 6.54 Å². The van der Waals surface area contributed by atoms with E-state index < -0.39 is 0 Å². The van der Waals surface area contributed by atoms with E-state index in [9.17, 15) is 0 Å². The van der Waals surface area contributed by atoms with Crippen LogP contribution < -0.4 is 5.73 Å². The van der Waals surface area contributed by atoms with Crippen molar-refractivity contribution < 1.29 is 0 Å². The minimum Gasteiger partial charge on any atom is -0.330 e. The summed E-state index contributed by atoms with van der Waals surface area (Å²) in [5.41, 5.74) is 10.2. The van der Waals surface area contributed by atoms with Crippen LogP contribution in [0.1, 0.15) is 54.7 Å². The summed E-state index contributed by atoms with van der Waals surface area (Å²) in [5, 5.41) is 0. The molecule has 0 aliphatic heterocycles. The third-order valence-corrected chi connectivity index (χ3v) is 4.27. The molecule has 17 heavy (non-hydrogen) atoms. The molecule has 1 aromatic rings. The lowest BCUT2D eigenvalue weighted by Crippen LogP contribution is -2.15. The fraction of sp³-hybridized carbons (Fsp3) is 0.625. The molecule has 2 N–H and O–H groups in total. The maximum atomic E-state index is 5.81. The van der Waals surface area contributed by atoms with Crippen LogP contribution in [0.5, 0.6) is 0 Å². The minimum atomic E-state index is 0.697. The monoisotopic (exact) mass is 231 g/mol. The highest BCUT2D eigenvalue weighted by atomic mass is 14.5. The van der Waals surface area contributed by atoms with Crippen molar-refractivity contribution in [2.75, 3.05) is 6.54 Å². The van der Waals surface area contributed by atoms with Gasteiger partial charge < -0.3 is 5.73 Å². The standard InChI is InChI=1S/C16H25N/c1-12-7-8-15(13(2)11-12)16(9-10-17)14-5-3-4-6-14/h7-8,11,14,16H,3-6,9-10,17H2,1-2H3. The Kier molecular flexibility index (Phi) is 4.22. The fourth-order valence-electron chi connectivity index (χ4n) is 3.43. The highest BCUT2D eigenvalue weighted by molar-refractivity contribution is 5.33. The summed E-state index contributed by atoms with van der Waals surface area (Å²) >= 11 is 0. The first-order chi connectivity index (χ1) is 8.22. The van der Waals surface area contributed by atoms with E-state index in [4.69, 9.17) is 5.73 Å². The molecule has 0 aromatic heterocycles. The molecule has 1 saturated carbocycles. The zero-order valence-electron chi connectivity index (χ0n) is 11.2. The number of nitrogens with two attached hydrogens (primary N) is 1. The van der Waals surface area contributed by atoms with Gasteiger partial charge in [-0.15, -0.1) is 0 Å². The molecule has 0 amide bonds. The Hall–Kier alpha value is -0.820. The minimum absolute atomic E-state index is 0.697. The summed E-state index contributed by atoms with van der Waals surface area (Å²) in [6.07, 6.45) is 6.78. The third-order valence-electron chi connectivity index (χ3n) is 4.27. The van der Waals surface area contributed by atoms with Crippen molar-refractivity contribution in [3.63, 3.8) is 0 Å². The van der Waals surface area contributed by atoms with Gasteiger partial charge in [0.25, 0.3) is 0 Å². The maximum absolute atomic E-state index is 5.81. The van der Waals surface area contributed by atoms with Gasteiger partial charge in [-0.3, -0.25) is 0 Å². The second kappa shape index (κ2) is 5.68. The van der Waals surface area contributed by atoms with Gasteiger partial charge in [-0.1, -0.05) is 36.6 Å². The zero-order chi connectivity index (χ0) is 12.3. The molecule has 94 valence electrons. The van der Waals surface area contributed by atoms with Crippen LogP contribution in [-0.2, 0) is 0 Å². The average Bonchev–Trinajstić information content (AvgIpc) is 2.80. The second-order valence-electron chi connectivity index (χ2n) is 5.59. The van der Waals surface area contributed by atoms with Crippen LogP contribution in [0.2, 0.25) is 0 Å². The molecule has 1 aliphatic rings. The highest BCUT2D eigenvalue weighted by Crippen LogP contribution is 2.40. The van der Waals surface area contributed by atoms with Crippen molar-refractivity contribution in [1.82, 2.24) is 0 Å². The predicted octanol–water partition coefficient (Wildman–Crippen LogP) is 3.93. The molecule has 1 fully saturated rings. The Bertz CT molecular complexity index is 364. The first kappa shape index (κ1) is 12.6. The molecule has 0 spiro atoms. The molecule has 2 rings (SSSR count). The summed E-state index contributed by atoms with van der Waals surface area (Å²) in [5.74, 6) is 1.57. The molecule has 1 heteroatoms. The molecular weight excluding hydrogens is 206 g/mol. The third kappa shape index (κ3) is 2.90. The van der Waals surface area contributed by atoms with Gasteiger partial charge in [0.1, 0.15) is 0 Å². The van der Waals surface area contributed by atoms with Gasteiger partial charge in [0.2, 0.25) is 0 Å². The molecule has 1 nitrogen and oxygen atoms in total. The van der Waals surface area contributed by atoms with Gasteiger partial charge in [0, 0.05) is 0 Å². The SMILES string of the molecule is Cc1ccc(C(CCN)C2CCCC2)c(C)c1. The Morgan fingerprint density at radius 1 is 1.24 bits per heavy atom. The molecule has 1 aromatic carbocycles. The largest absolute Gasteiger partial charge is 0.330 e. The Morgan fingerprint density at radius 3 is 2.53 bits per heavy atom. The normalized spacial score (nSPS) is 18.5. The van der Waals surface area contributed by atoms with E-state index in [0.717, 1.165) is 18.9 Å². The Labute approximate surface area is 105 Å². The van der Waals surface area contributed by atoms with Gasteiger partial charge in [0.05, 0.1) is 0 Å². The van der Waals surface area contributed by atoms with E-state index in [1.165, 1.54) is 36.8 Å². The number of aryl methyl sites for hydroxylation is 2. The van der Waals surface area contributed by atoms with Gasteiger partial charge in [-0.05, 0) is 62.6 Å². The van der Waals surface area contributed by atoms with Crippen LogP contribution in [0.15, 0.2) is 18.2 Å². The molecule has 0 saturated heterocycles. The lowest BCUT2D eigenvalue weighted by molar-refractivity contribution is 0.414. The topological polar surface area (TPSA) is 26.0 Å². The van der Waals surface area contributed by atoms with E-state index >= 15 is 0 Å². The van der Waals surface area contributed by atoms with Crippen molar-refractivity contribution in [3.8, 4) is 0 Å². The van der Waals surface area contributed by atoms with Crippen LogP contribution in [0, 0.1) is 19.8 Å². The van der Waals surface area contributed by atoms with Crippen LogP contribution in [0.25, 0.3) is 0 Å². The maximum Gasteiger partial charge on any atom is -0.00713 e. The molecule has 1 aliphatic carbocycles. The lowest BCUT2D eigenvalue weighted by atomic mass is 9.80. The quantitative estimate of drug-likeness (QED) is 0.835. The summed E-state index contributed by atoms with van der Waals surface area (Å²) in [7, 11) is 0. The van der Waals surface area contributed by atoms with Crippen molar-refractivity contribution in [3.05, 3.63) is 34.9 Å². The van der Waals surface area contributed by atoms with E-state index in [2.05, 4.69) is 32.0 Å². The van der Waals surface area contributed by atoms with E-state index in [0.29, 0.717) is 5.92 Å². The van der Waals surface area contributed by atoms with Crippen molar-refractivity contribution in [1.29, 1.82) is 0 Å². The van der Waals surface area contributed by atoms with E-state index in [1.54, 1.807) is 5.56 Å². The lowest BCUT2D eigenvalue weighted by Gasteiger charge is -2.25. The van der Waals surface area contributed by atoms with E-state index in [1.807, 2.05) is 0 Å². The van der Waals surface area contributed by atoms with Crippen molar-refractivity contribution in [2.24, 2.45) is 11.7 Å². The molecule has 0 radical (unpaired) electrons. The Morgan fingerprint density at radius 2 is 1.94 bits per heavy atom. The number of benzene rings is 1. The average molecular weight is 231 g/mol. The first-order valence-electron chi connectivity index (χ1n) is 6.99. The fourth-order valence-corrected chi connectivity index (χ4v) is 3.43. The van der Waals surface area contributed by atoms with Gasteiger partial charge >= 0.3 is 0 Å². The molecule has 0 bridgehead atoms. The highest BCUT2D eigenvalue weighted by Gasteiger charge is 2.26. The van der Waals surface area contributed by atoms with Crippen LogP contribution in [0.4, 0.5) is 0 Å². The van der Waals surface area contributed by atoms with E-state index in [-0.39, 0.29) is 0 Å². The van der Waals surface area contributed by atoms with Crippen molar-refractivity contribution >= 4 is 0 Å². The van der Waals surface area contributed by atoms with Crippen LogP contribution >= 0.6 is 0 Å². The predicted molar refractivity (Wildman–Crippen MR) is 74.3 cm³/mol. The zero-order valence-corrected chi connectivity index (χ0v) is 11.2. The number of rotatable bonds is 4.